The van der Waals surface area contributed by atoms with E-state index in [-0.39, 0.29) is 29.7 Å². The number of rotatable bonds is 6. The molecule has 4 nitrogen and oxygen atoms in total. The topological polar surface area (TPSA) is 55.8 Å². The molecule has 0 unspecified atom stereocenters. The summed E-state index contributed by atoms with van der Waals surface area (Å²) in [4.78, 5) is 11.3. The molecule has 1 aliphatic carbocycles. The molecule has 7 heteroatoms. The Morgan fingerprint density at radius 3 is 2.84 bits per heavy atom. The molecular formula is C18H21F3O4. The van der Waals surface area contributed by atoms with Gasteiger partial charge in [-0.1, -0.05) is 6.07 Å². The molecule has 2 fully saturated rings. The lowest BCUT2D eigenvalue weighted by molar-refractivity contribution is -0.142. The first-order valence-electron chi connectivity index (χ1n) is 8.52. The summed E-state index contributed by atoms with van der Waals surface area (Å²) in [6.45, 7) is 0.313. The molecule has 0 aromatic heterocycles. The van der Waals surface area contributed by atoms with Gasteiger partial charge in [-0.05, 0) is 43.4 Å². The fourth-order valence-corrected chi connectivity index (χ4v) is 3.82. The summed E-state index contributed by atoms with van der Waals surface area (Å²) >= 11 is 0. The van der Waals surface area contributed by atoms with Crippen molar-refractivity contribution in [1.82, 2.24) is 0 Å². The molecule has 2 aliphatic rings. The first-order valence-corrected chi connectivity index (χ1v) is 8.52. The van der Waals surface area contributed by atoms with Crippen molar-refractivity contribution in [2.75, 3.05) is 6.61 Å². The molecule has 1 saturated carbocycles. The summed E-state index contributed by atoms with van der Waals surface area (Å²) in [7, 11) is 0. The largest absolute Gasteiger partial charge is 0.494 e. The minimum absolute atomic E-state index is 0.0463. The summed E-state index contributed by atoms with van der Waals surface area (Å²) in [5.41, 5.74) is -0.726. The van der Waals surface area contributed by atoms with Crippen LogP contribution in [0.15, 0.2) is 24.3 Å². The van der Waals surface area contributed by atoms with Crippen LogP contribution < -0.4 is 4.74 Å². The van der Waals surface area contributed by atoms with Crippen LogP contribution in [0.2, 0.25) is 0 Å². The van der Waals surface area contributed by atoms with E-state index in [2.05, 4.69) is 0 Å². The molecule has 1 aromatic rings. The molecule has 1 heterocycles. The average Bonchev–Trinajstić information content (AvgIpc) is 3.02. The first kappa shape index (κ1) is 18.0. The molecule has 138 valence electrons. The molecule has 4 atom stereocenters. The summed E-state index contributed by atoms with van der Waals surface area (Å²) in [6, 6.07) is 4.83. The van der Waals surface area contributed by atoms with E-state index >= 15 is 0 Å². The van der Waals surface area contributed by atoms with Crippen LogP contribution in [-0.4, -0.2) is 29.9 Å². The van der Waals surface area contributed by atoms with Gasteiger partial charge in [0, 0.05) is 12.3 Å². The number of carbonyl (C=O) groups excluding carboxylic acids is 1. The average molecular weight is 358 g/mol. The third-order valence-electron chi connectivity index (χ3n) is 5.04. The zero-order valence-corrected chi connectivity index (χ0v) is 13.7. The number of aliphatic hydroxyl groups excluding tert-OH is 1. The predicted octanol–water partition coefficient (Wildman–Crippen LogP) is 3.57. The summed E-state index contributed by atoms with van der Waals surface area (Å²) in [6.07, 6.45) is -1.92. The molecule has 0 bridgehead atoms. The second-order valence-corrected chi connectivity index (χ2v) is 6.73. The van der Waals surface area contributed by atoms with E-state index < -0.39 is 17.8 Å². The maximum Gasteiger partial charge on any atom is 0.416 e. The molecule has 1 N–H and O–H groups in total. The van der Waals surface area contributed by atoms with Gasteiger partial charge in [0.25, 0.3) is 0 Å². The Hall–Kier alpha value is -1.76. The van der Waals surface area contributed by atoms with Gasteiger partial charge in [-0.2, -0.15) is 13.2 Å². The van der Waals surface area contributed by atoms with Crippen molar-refractivity contribution in [3.05, 3.63) is 29.8 Å². The van der Waals surface area contributed by atoms with Crippen molar-refractivity contribution in [2.24, 2.45) is 11.8 Å². The van der Waals surface area contributed by atoms with Gasteiger partial charge >= 0.3 is 12.1 Å². The Morgan fingerprint density at radius 2 is 2.08 bits per heavy atom. The highest BCUT2D eigenvalue weighted by atomic mass is 19.4. The lowest BCUT2D eigenvalue weighted by atomic mass is 9.88. The van der Waals surface area contributed by atoms with Crippen molar-refractivity contribution >= 4 is 5.97 Å². The highest BCUT2D eigenvalue weighted by molar-refractivity contribution is 5.72. The summed E-state index contributed by atoms with van der Waals surface area (Å²) in [5, 5.41) is 10.1. The monoisotopic (exact) mass is 358 g/mol. The van der Waals surface area contributed by atoms with Crippen molar-refractivity contribution in [1.29, 1.82) is 0 Å². The van der Waals surface area contributed by atoms with E-state index in [9.17, 15) is 23.1 Å². The zero-order chi connectivity index (χ0) is 18.0. The van der Waals surface area contributed by atoms with Crippen molar-refractivity contribution in [2.45, 2.75) is 50.5 Å². The van der Waals surface area contributed by atoms with Gasteiger partial charge in [0.05, 0.1) is 24.7 Å². The van der Waals surface area contributed by atoms with E-state index in [1.807, 2.05) is 0 Å². The molecule has 1 saturated heterocycles. The van der Waals surface area contributed by atoms with E-state index in [1.54, 1.807) is 0 Å². The van der Waals surface area contributed by atoms with Crippen molar-refractivity contribution < 1.29 is 32.5 Å². The van der Waals surface area contributed by atoms with Crippen LogP contribution in [0.5, 0.6) is 5.75 Å². The van der Waals surface area contributed by atoms with Gasteiger partial charge < -0.3 is 14.6 Å². The number of halogens is 3. The number of carbonyl (C=O) groups is 1. The predicted molar refractivity (Wildman–Crippen MR) is 82.9 cm³/mol. The van der Waals surface area contributed by atoms with E-state index in [4.69, 9.17) is 9.47 Å². The molecule has 1 aromatic carbocycles. The lowest BCUT2D eigenvalue weighted by Gasteiger charge is -2.19. The quantitative estimate of drug-likeness (QED) is 0.624. The zero-order valence-electron chi connectivity index (χ0n) is 13.7. The van der Waals surface area contributed by atoms with Gasteiger partial charge in [0.2, 0.25) is 0 Å². The first-order chi connectivity index (χ1) is 11.8. The summed E-state index contributed by atoms with van der Waals surface area (Å²) in [5.74, 6) is 0.141. The number of alkyl halides is 3. The van der Waals surface area contributed by atoms with Crippen LogP contribution >= 0.6 is 0 Å². The second-order valence-electron chi connectivity index (χ2n) is 6.73. The van der Waals surface area contributed by atoms with Gasteiger partial charge in [0.1, 0.15) is 11.9 Å². The van der Waals surface area contributed by atoms with Crippen LogP contribution in [0, 0.1) is 11.8 Å². The number of unbranched alkanes of at least 4 members (excludes halogenated alkanes) is 1. The molecule has 25 heavy (non-hydrogen) atoms. The number of fused-ring (bicyclic) bond motifs is 1. The smallest absolute Gasteiger partial charge is 0.416 e. The standard InChI is InChI=1S/C18H21F3O4/c19-18(20,21)11-4-3-5-12(8-11)24-7-2-1-6-13-14-9-17(23)25-16(14)10-15(13)22/h3-5,8,13-16,22H,1-2,6-7,9-10H2/t13-,14-,15-,16+/m1/s1. The van der Waals surface area contributed by atoms with Crippen LogP contribution in [0.25, 0.3) is 0 Å². The number of aliphatic hydroxyl groups is 1. The van der Waals surface area contributed by atoms with Crippen molar-refractivity contribution in [3.8, 4) is 5.75 Å². The minimum Gasteiger partial charge on any atom is -0.494 e. The Morgan fingerprint density at radius 1 is 1.28 bits per heavy atom. The highest BCUT2D eigenvalue weighted by Crippen LogP contribution is 2.43. The molecule has 1 aliphatic heterocycles. The van der Waals surface area contributed by atoms with Gasteiger partial charge in [-0.25, -0.2) is 0 Å². The van der Waals surface area contributed by atoms with E-state index in [0.717, 1.165) is 25.0 Å². The fourth-order valence-electron chi connectivity index (χ4n) is 3.82. The maximum atomic E-state index is 12.6. The molecule has 0 spiro atoms. The van der Waals surface area contributed by atoms with Crippen LogP contribution in [0.3, 0.4) is 0 Å². The third-order valence-corrected chi connectivity index (χ3v) is 5.04. The number of hydrogen-bond donors (Lipinski definition) is 1. The minimum atomic E-state index is -4.38. The number of benzene rings is 1. The lowest BCUT2D eigenvalue weighted by Crippen LogP contribution is -2.20. The molecule has 0 amide bonds. The van der Waals surface area contributed by atoms with Crippen LogP contribution in [0.4, 0.5) is 13.2 Å². The highest BCUT2D eigenvalue weighted by Gasteiger charge is 2.48. The van der Waals surface area contributed by atoms with E-state index in [0.29, 0.717) is 25.9 Å². The Balaban J connectivity index is 1.41. The number of esters is 1. The maximum absolute atomic E-state index is 12.6. The summed E-state index contributed by atoms with van der Waals surface area (Å²) < 4.78 is 48.5. The van der Waals surface area contributed by atoms with Crippen LogP contribution in [-0.2, 0) is 15.7 Å². The molecule has 3 rings (SSSR count). The SMILES string of the molecule is O=C1C[C@@H]2[C@@H](CCCCOc3cccc(C(F)(F)F)c3)[C@H](O)C[C@@H]2O1. The molecular weight excluding hydrogens is 337 g/mol. The fraction of sp³-hybridized carbons (Fsp3) is 0.611. The second kappa shape index (κ2) is 7.23. The van der Waals surface area contributed by atoms with Crippen molar-refractivity contribution in [3.63, 3.8) is 0 Å². The van der Waals surface area contributed by atoms with Gasteiger partial charge in [0.15, 0.2) is 0 Å². The molecule has 0 radical (unpaired) electrons. The van der Waals surface area contributed by atoms with Gasteiger partial charge in [-0.3, -0.25) is 4.79 Å². The third kappa shape index (κ3) is 4.26. The Labute approximate surface area is 143 Å². The van der Waals surface area contributed by atoms with Gasteiger partial charge in [-0.15, -0.1) is 0 Å². The number of ether oxygens (including phenoxy) is 2. The Kier molecular flexibility index (Phi) is 5.22. The Bertz CT molecular complexity index is 617. The normalized spacial score (nSPS) is 28.7. The number of hydrogen-bond acceptors (Lipinski definition) is 4. The van der Waals surface area contributed by atoms with Crippen LogP contribution in [0.1, 0.15) is 37.7 Å². The van der Waals surface area contributed by atoms with E-state index in [1.165, 1.54) is 12.1 Å².